The van der Waals surface area contributed by atoms with E-state index in [1.807, 2.05) is 0 Å². The van der Waals surface area contributed by atoms with Crippen molar-refractivity contribution in [3.8, 4) is 0 Å². The maximum absolute atomic E-state index is 13.3. The zero-order valence-electron chi connectivity index (χ0n) is 7.39. The number of nitrogens with one attached hydrogen (secondary N) is 1. The molecule has 0 saturated carbocycles. The van der Waals surface area contributed by atoms with Gasteiger partial charge in [0, 0.05) is 17.3 Å². The average Bonchev–Trinajstić information content (AvgIpc) is 2.61. The second kappa shape index (κ2) is 3.34. The van der Waals surface area contributed by atoms with Gasteiger partial charge in [0.25, 0.3) is 0 Å². The van der Waals surface area contributed by atoms with Gasteiger partial charge in [0.1, 0.15) is 5.82 Å². The van der Waals surface area contributed by atoms with Gasteiger partial charge in [-0.25, -0.2) is 4.39 Å². The third kappa shape index (κ3) is 1.65. The zero-order chi connectivity index (χ0) is 9.26. The van der Waals surface area contributed by atoms with E-state index in [9.17, 15) is 4.39 Å². The SMILES string of the molecule is Nc1ccc(F)c([C@H]2CCCN2)c1. The summed E-state index contributed by atoms with van der Waals surface area (Å²) in [6, 6.07) is 4.90. The highest BCUT2D eigenvalue weighted by atomic mass is 19.1. The Balaban J connectivity index is 2.32. The number of hydrogen-bond acceptors (Lipinski definition) is 2. The molecule has 1 atom stereocenters. The van der Waals surface area contributed by atoms with Gasteiger partial charge in [-0.05, 0) is 37.6 Å². The monoisotopic (exact) mass is 180 g/mol. The summed E-state index contributed by atoms with van der Waals surface area (Å²) >= 11 is 0. The molecule has 1 aromatic carbocycles. The summed E-state index contributed by atoms with van der Waals surface area (Å²) in [4.78, 5) is 0. The van der Waals surface area contributed by atoms with Gasteiger partial charge in [-0.3, -0.25) is 0 Å². The lowest BCUT2D eigenvalue weighted by atomic mass is 10.0. The highest BCUT2D eigenvalue weighted by Crippen LogP contribution is 2.26. The molecule has 0 unspecified atom stereocenters. The Morgan fingerprint density at radius 1 is 1.46 bits per heavy atom. The zero-order valence-corrected chi connectivity index (χ0v) is 7.39. The molecule has 2 nitrogen and oxygen atoms in total. The van der Waals surface area contributed by atoms with Crippen molar-refractivity contribution in [2.45, 2.75) is 18.9 Å². The summed E-state index contributed by atoms with van der Waals surface area (Å²) in [6.45, 7) is 0.971. The largest absolute Gasteiger partial charge is 0.399 e. The number of halogens is 1. The molecule has 0 aromatic heterocycles. The lowest BCUT2D eigenvalue weighted by Gasteiger charge is -2.11. The van der Waals surface area contributed by atoms with Crippen LogP contribution in [-0.2, 0) is 0 Å². The van der Waals surface area contributed by atoms with Crippen LogP contribution in [0.5, 0.6) is 0 Å². The Bertz CT molecular complexity index is 306. The Labute approximate surface area is 76.9 Å². The smallest absolute Gasteiger partial charge is 0.128 e. The third-order valence-corrected chi connectivity index (χ3v) is 2.46. The van der Waals surface area contributed by atoms with E-state index in [2.05, 4.69) is 5.32 Å². The van der Waals surface area contributed by atoms with Gasteiger partial charge >= 0.3 is 0 Å². The molecule has 1 saturated heterocycles. The van der Waals surface area contributed by atoms with E-state index in [-0.39, 0.29) is 11.9 Å². The van der Waals surface area contributed by atoms with E-state index < -0.39 is 0 Å². The van der Waals surface area contributed by atoms with E-state index >= 15 is 0 Å². The maximum atomic E-state index is 13.3. The highest BCUT2D eigenvalue weighted by molar-refractivity contribution is 5.42. The predicted molar refractivity (Wildman–Crippen MR) is 50.8 cm³/mol. The molecular weight excluding hydrogens is 167 g/mol. The minimum atomic E-state index is -0.159. The summed E-state index contributed by atoms with van der Waals surface area (Å²) in [6.07, 6.45) is 2.11. The molecule has 0 aliphatic carbocycles. The van der Waals surface area contributed by atoms with Crippen LogP contribution >= 0.6 is 0 Å². The lowest BCUT2D eigenvalue weighted by Crippen LogP contribution is -2.14. The summed E-state index contributed by atoms with van der Waals surface area (Å²) in [5, 5.41) is 3.25. The molecule has 0 bridgehead atoms. The first-order valence-electron chi connectivity index (χ1n) is 4.55. The molecule has 1 heterocycles. The standard InChI is InChI=1S/C10H13FN2/c11-9-4-3-7(12)6-8(9)10-2-1-5-13-10/h3-4,6,10,13H,1-2,5,12H2/t10-/m1/s1. The fraction of sp³-hybridized carbons (Fsp3) is 0.400. The maximum Gasteiger partial charge on any atom is 0.128 e. The lowest BCUT2D eigenvalue weighted by molar-refractivity contribution is 0.559. The van der Waals surface area contributed by atoms with Crippen molar-refractivity contribution < 1.29 is 4.39 Å². The van der Waals surface area contributed by atoms with Gasteiger partial charge in [-0.2, -0.15) is 0 Å². The molecule has 1 aliphatic heterocycles. The van der Waals surface area contributed by atoms with E-state index in [1.54, 1.807) is 12.1 Å². The van der Waals surface area contributed by atoms with Crippen molar-refractivity contribution >= 4 is 5.69 Å². The van der Waals surface area contributed by atoms with Crippen LogP contribution < -0.4 is 11.1 Å². The summed E-state index contributed by atoms with van der Waals surface area (Å²) < 4.78 is 13.3. The molecule has 1 aromatic rings. The Kier molecular flexibility index (Phi) is 2.19. The molecule has 3 heteroatoms. The number of anilines is 1. The van der Waals surface area contributed by atoms with Gasteiger partial charge in [-0.15, -0.1) is 0 Å². The molecule has 3 N–H and O–H groups in total. The van der Waals surface area contributed by atoms with E-state index in [0.29, 0.717) is 11.3 Å². The number of hydrogen-bond donors (Lipinski definition) is 2. The Morgan fingerprint density at radius 3 is 3.00 bits per heavy atom. The van der Waals surface area contributed by atoms with Crippen molar-refractivity contribution in [3.05, 3.63) is 29.6 Å². The fourth-order valence-corrected chi connectivity index (χ4v) is 1.78. The van der Waals surface area contributed by atoms with Gasteiger partial charge in [0.2, 0.25) is 0 Å². The van der Waals surface area contributed by atoms with Crippen LogP contribution in [0.1, 0.15) is 24.4 Å². The summed E-state index contributed by atoms with van der Waals surface area (Å²) in [5.74, 6) is -0.159. The van der Waals surface area contributed by atoms with Gasteiger partial charge in [0.05, 0.1) is 0 Å². The van der Waals surface area contributed by atoms with Gasteiger partial charge in [0.15, 0.2) is 0 Å². The van der Waals surface area contributed by atoms with Crippen molar-refractivity contribution in [1.29, 1.82) is 0 Å². The second-order valence-electron chi connectivity index (χ2n) is 3.43. The molecule has 2 rings (SSSR count). The van der Waals surface area contributed by atoms with Gasteiger partial charge in [-0.1, -0.05) is 0 Å². The number of rotatable bonds is 1. The van der Waals surface area contributed by atoms with Crippen molar-refractivity contribution in [2.75, 3.05) is 12.3 Å². The Morgan fingerprint density at radius 2 is 2.31 bits per heavy atom. The molecule has 1 fully saturated rings. The minimum absolute atomic E-state index is 0.156. The van der Waals surface area contributed by atoms with Gasteiger partial charge < -0.3 is 11.1 Å². The molecular formula is C10H13FN2. The first kappa shape index (κ1) is 8.51. The first-order chi connectivity index (χ1) is 6.27. The molecule has 1 aliphatic rings. The first-order valence-corrected chi connectivity index (χ1v) is 4.55. The quantitative estimate of drug-likeness (QED) is 0.647. The normalized spacial score (nSPS) is 22.1. The molecule has 0 spiro atoms. The highest BCUT2D eigenvalue weighted by Gasteiger charge is 2.19. The van der Waals surface area contributed by atoms with Crippen LogP contribution in [0.2, 0.25) is 0 Å². The van der Waals surface area contributed by atoms with Crippen molar-refractivity contribution in [2.24, 2.45) is 0 Å². The van der Waals surface area contributed by atoms with Crippen LogP contribution in [0.15, 0.2) is 18.2 Å². The number of nitrogens with two attached hydrogens (primary N) is 1. The number of nitrogen functional groups attached to an aromatic ring is 1. The van der Waals surface area contributed by atoms with Crippen LogP contribution in [0.3, 0.4) is 0 Å². The van der Waals surface area contributed by atoms with Crippen LogP contribution in [0.4, 0.5) is 10.1 Å². The van der Waals surface area contributed by atoms with Crippen molar-refractivity contribution in [1.82, 2.24) is 5.32 Å². The molecule has 0 amide bonds. The van der Waals surface area contributed by atoms with Crippen LogP contribution in [0, 0.1) is 5.82 Å². The topological polar surface area (TPSA) is 38.0 Å². The van der Waals surface area contributed by atoms with Crippen LogP contribution in [-0.4, -0.2) is 6.54 Å². The Hall–Kier alpha value is -1.09. The fourth-order valence-electron chi connectivity index (χ4n) is 1.78. The van der Waals surface area contributed by atoms with Crippen molar-refractivity contribution in [3.63, 3.8) is 0 Å². The second-order valence-corrected chi connectivity index (χ2v) is 3.43. The third-order valence-electron chi connectivity index (χ3n) is 2.46. The molecule has 13 heavy (non-hydrogen) atoms. The predicted octanol–water partition coefficient (Wildman–Crippen LogP) is 1.83. The van der Waals surface area contributed by atoms with E-state index in [4.69, 9.17) is 5.73 Å². The van der Waals surface area contributed by atoms with E-state index in [1.165, 1.54) is 6.07 Å². The van der Waals surface area contributed by atoms with E-state index in [0.717, 1.165) is 19.4 Å². The average molecular weight is 180 g/mol. The summed E-state index contributed by atoms with van der Waals surface area (Å²) in [7, 11) is 0. The minimum Gasteiger partial charge on any atom is -0.399 e. The molecule has 0 radical (unpaired) electrons. The number of benzene rings is 1. The molecule has 70 valence electrons. The summed E-state index contributed by atoms with van der Waals surface area (Å²) in [5.41, 5.74) is 6.94. The van der Waals surface area contributed by atoms with Crippen LogP contribution in [0.25, 0.3) is 0 Å².